The Labute approximate surface area is 70.2 Å². The molecule has 1 nitrogen and oxygen atoms in total. The summed E-state index contributed by atoms with van der Waals surface area (Å²) < 4.78 is 0. The van der Waals surface area contributed by atoms with Gasteiger partial charge in [-0.2, -0.15) is 0 Å². The number of nitrogens with zero attached hydrogens (tertiary/aromatic N) is 1. The summed E-state index contributed by atoms with van der Waals surface area (Å²) in [7, 11) is 0. The lowest BCUT2D eigenvalue weighted by Crippen LogP contribution is -1.82. The van der Waals surface area contributed by atoms with Gasteiger partial charge in [-0.3, -0.25) is 4.99 Å². The van der Waals surface area contributed by atoms with Crippen LogP contribution in [0.3, 0.4) is 0 Å². The number of aliphatic imine (C=N–C) groups is 1. The van der Waals surface area contributed by atoms with Crippen molar-refractivity contribution in [1.82, 2.24) is 0 Å². The fourth-order valence-corrected chi connectivity index (χ4v) is 0.764. The van der Waals surface area contributed by atoms with Gasteiger partial charge in [0.25, 0.3) is 0 Å². The average Bonchev–Trinajstić information content (AvgIpc) is 1.96. The molecule has 11 heavy (non-hydrogen) atoms. The van der Waals surface area contributed by atoms with E-state index in [1.807, 2.05) is 13.1 Å². The van der Waals surface area contributed by atoms with Crippen LogP contribution in [0.15, 0.2) is 17.1 Å². The molecule has 0 amide bonds. The van der Waals surface area contributed by atoms with Crippen molar-refractivity contribution in [1.29, 1.82) is 0 Å². The van der Waals surface area contributed by atoms with Gasteiger partial charge in [-0.05, 0) is 31.9 Å². The second kappa shape index (κ2) is 7.52. The maximum absolute atomic E-state index is 4.11. The molecule has 0 aliphatic rings. The van der Waals surface area contributed by atoms with Gasteiger partial charge in [-0.15, -0.1) is 0 Å². The van der Waals surface area contributed by atoms with E-state index in [0.29, 0.717) is 0 Å². The van der Waals surface area contributed by atoms with Crippen molar-refractivity contribution in [2.75, 3.05) is 6.54 Å². The zero-order valence-electron chi connectivity index (χ0n) is 7.88. The molecule has 0 N–H and O–H groups in total. The molecule has 0 atom stereocenters. The SMILES string of the molecule is CC=NCC/C=C\CC(C)C. The molecule has 64 valence electrons. The highest BCUT2D eigenvalue weighted by Gasteiger charge is 1.85. The normalized spacial score (nSPS) is 12.4. The standard InChI is InChI=1S/C10H19N/c1-4-11-9-7-5-6-8-10(2)3/h4-6,10H,7-9H2,1-3H3/b6-5-,11-4?. The Hall–Kier alpha value is -0.590. The first-order chi connectivity index (χ1) is 5.27. The molecule has 0 rings (SSSR count). The summed E-state index contributed by atoms with van der Waals surface area (Å²) >= 11 is 0. The van der Waals surface area contributed by atoms with E-state index in [4.69, 9.17) is 0 Å². The third-order valence-corrected chi connectivity index (χ3v) is 1.38. The minimum Gasteiger partial charge on any atom is -0.298 e. The van der Waals surface area contributed by atoms with Crippen molar-refractivity contribution < 1.29 is 0 Å². The quantitative estimate of drug-likeness (QED) is 0.327. The van der Waals surface area contributed by atoms with Crippen molar-refractivity contribution in [3.05, 3.63) is 12.2 Å². The molecule has 0 aromatic heterocycles. The summed E-state index contributed by atoms with van der Waals surface area (Å²) in [6, 6.07) is 0. The van der Waals surface area contributed by atoms with Gasteiger partial charge in [0.1, 0.15) is 0 Å². The minimum absolute atomic E-state index is 0.779. The van der Waals surface area contributed by atoms with Crippen molar-refractivity contribution in [2.24, 2.45) is 10.9 Å². The largest absolute Gasteiger partial charge is 0.298 e. The molecule has 0 aromatic carbocycles. The summed E-state index contributed by atoms with van der Waals surface area (Å²) in [5, 5.41) is 0. The highest BCUT2D eigenvalue weighted by molar-refractivity contribution is 5.53. The molecule has 0 aliphatic carbocycles. The van der Waals surface area contributed by atoms with E-state index in [2.05, 4.69) is 31.0 Å². The number of rotatable bonds is 5. The minimum atomic E-state index is 0.779. The molecule has 0 aliphatic heterocycles. The molecule has 0 radical (unpaired) electrons. The molecule has 0 unspecified atom stereocenters. The van der Waals surface area contributed by atoms with Crippen LogP contribution in [0.25, 0.3) is 0 Å². The Morgan fingerprint density at radius 2 is 2.00 bits per heavy atom. The second-order valence-corrected chi connectivity index (χ2v) is 3.05. The van der Waals surface area contributed by atoms with E-state index in [0.717, 1.165) is 18.9 Å². The van der Waals surface area contributed by atoms with Crippen LogP contribution in [-0.4, -0.2) is 12.8 Å². The van der Waals surface area contributed by atoms with Gasteiger partial charge in [0.2, 0.25) is 0 Å². The molecule has 0 spiro atoms. The lowest BCUT2D eigenvalue weighted by Gasteiger charge is -1.95. The monoisotopic (exact) mass is 153 g/mol. The van der Waals surface area contributed by atoms with Crippen molar-refractivity contribution >= 4 is 6.21 Å². The Morgan fingerprint density at radius 3 is 2.55 bits per heavy atom. The average molecular weight is 153 g/mol. The first-order valence-electron chi connectivity index (χ1n) is 4.36. The van der Waals surface area contributed by atoms with E-state index < -0.39 is 0 Å². The van der Waals surface area contributed by atoms with Gasteiger partial charge < -0.3 is 0 Å². The molecule has 0 aromatic rings. The van der Waals surface area contributed by atoms with Crippen LogP contribution < -0.4 is 0 Å². The van der Waals surface area contributed by atoms with Gasteiger partial charge in [0, 0.05) is 6.54 Å². The molecule has 0 heterocycles. The Bertz CT molecular complexity index is 123. The van der Waals surface area contributed by atoms with Crippen LogP contribution in [-0.2, 0) is 0 Å². The van der Waals surface area contributed by atoms with Gasteiger partial charge in [-0.25, -0.2) is 0 Å². The van der Waals surface area contributed by atoms with Crippen LogP contribution in [0.4, 0.5) is 0 Å². The Morgan fingerprint density at radius 1 is 1.27 bits per heavy atom. The van der Waals surface area contributed by atoms with Crippen molar-refractivity contribution in [3.63, 3.8) is 0 Å². The zero-order valence-corrected chi connectivity index (χ0v) is 7.88. The molecular weight excluding hydrogens is 134 g/mol. The zero-order chi connectivity index (χ0) is 8.53. The molecule has 0 fully saturated rings. The summed E-state index contributed by atoms with van der Waals surface area (Å²) in [5.74, 6) is 0.779. The van der Waals surface area contributed by atoms with Crippen LogP contribution in [0, 0.1) is 5.92 Å². The lowest BCUT2D eigenvalue weighted by molar-refractivity contribution is 0.662. The van der Waals surface area contributed by atoms with E-state index >= 15 is 0 Å². The number of allylic oxidation sites excluding steroid dienone is 1. The summed E-state index contributed by atoms with van der Waals surface area (Å²) in [5.41, 5.74) is 0. The van der Waals surface area contributed by atoms with Gasteiger partial charge >= 0.3 is 0 Å². The smallest absolute Gasteiger partial charge is 0.0419 e. The number of hydrogen-bond acceptors (Lipinski definition) is 1. The van der Waals surface area contributed by atoms with Crippen molar-refractivity contribution in [3.8, 4) is 0 Å². The van der Waals surface area contributed by atoms with Crippen molar-refractivity contribution in [2.45, 2.75) is 33.6 Å². The van der Waals surface area contributed by atoms with E-state index in [1.165, 1.54) is 6.42 Å². The van der Waals surface area contributed by atoms with Crippen LogP contribution >= 0.6 is 0 Å². The molecule has 0 saturated carbocycles. The third kappa shape index (κ3) is 9.41. The Balaban J connectivity index is 3.16. The van der Waals surface area contributed by atoms with Gasteiger partial charge in [0.05, 0.1) is 0 Å². The van der Waals surface area contributed by atoms with Gasteiger partial charge in [0.15, 0.2) is 0 Å². The molecule has 0 bridgehead atoms. The topological polar surface area (TPSA) is 12.4 Å². The summed E-state index contributed by atoms with van der Waals surface area (Å²) in [6.45, 7) is 7.35. The summed E-state index contributed by atoms with van der Waals surface area (Å²) in [6.07, 6.45) is 8.59. The molecular formula is C10H19N. The van der Waals surface area contributed by atoms with E-state index in [-0.39, 0.29) is 0 Å². The molecule has 0 saturated heterocycles. The lowest BCUT2D eigenvalue weighted by atomic mass is 10.1. The van der Waals surface area contributed by atoms with Gasteiger partial charge in [-0.1, -0.05) is 26.0 Å². The van der Waals surface area contributed by atoms with Crippen LogP contribution in [0.1, 0.15) is 33.6 Å². The third-order valence-electron chi connectivity index (χ3n) is 1.38. The predicted molar refractivity (Wildman–Crippen MR) is 52.2 cm³/mol. The first-order valence-corrected chi connectivity index (χ1v) is 4.36. The summed E-state index contributed by atoms with van der Waals surface area (Å²) in [4.78, 5) is 4.11. The first kappa shape index (κ1) is 10.4. The van der Waals surface area contributed by atoms with Crippen LogP contribution in [0.2, 0.25) is 0 Å². The highest BCUT2D eigenvalue weighted by Crippen LogP contribution is 2.00. The number of hydrogen-bond donors (Lipinski definition) is 0. The second-order valence-electron chi connectivity index (χ2n) is 3.05. The van der Waals surface area contributed by atoms with Crippen LogP contribution in [0.5, 0.6) is 0 Å². The fourth-order valence-electron chi connectivity index (χ4n) is 0.764. The maximum Gasteiger partial charge on any atom is 0.0419 e. The maximum atomic E-state index is 4.11. The van der Waals surface area contributed by atoms with E-state index in [1.54, 1.807) is 0 Å². The van der Waals surface area contributed by atoms with E-state index in [9.17, 15) is 0 Å². The Kier molecular flexibility index (Phi) is 7.11. The fraction of sp³-hybridized carbons (Fsp3) is 0.700. The molecule has 1 heteroatoms. The predicted octanol–water partition coefficient (Wildman–Crippen LogP) is 3.07. The highest BCUT2D eigenvalue weighted by atomic mass is 14.7.